The molecule has 2 N–H and O–H groups in total. The second-order valence-corrected chi connectivity index (χ2v) is 6.43. The highest BCUT2D eigenvalue weighted by Crippen LogP contribution is 2.30. The standard InChI is InChI=1S/C13H17N3S/c1-9-7-16(8-10(2)17-9)12-4-3-11(6-14)13(15)5-12/h3-5,9-10H,7-8,15H2,1-2H3. The number of hydrogen-bond acceptors (Lipinski definition) is 4. The average Bonchev–Trinajstić information content (AvgIpc) is 2.27. The van der Waals surface area contributed by atoms with Gasteiger partial charge in [-0.3, -0.25) is 0 Å². The van der Waals surface area contributed by atoms with Gasteiger partial charge in [-0.1, -0.05) is 13.8 Å². The molecule has 0 spiro atoms. The number of nitrogens with two attached hydrogens (primary N) is 1. The normalized spacial score (nSPS) is 24.4. The molecule has 2 rings (SSSR count). The van der Waals surface area contributed by atoms with Gasteiger partial charge in [0.15, 0.2) is 0 Å². The Morgan fingerprint density at radius 2 is 2.00 bits per heavy atom. The lowest BCUT2D eigenvalue weighted by molar-refractivity contribution is 0.728. The summed E-state index contributed by atoms with van der Waals surface area (Å²) in [5.41, 5.74) is 8.11. The second-order valence-electron chi connectivity index (χ2n) is 4.55. The van der Waals surface area contributed by atoms with Crippen LogP contribution in [0.25, 0.3) is 0 Å². The van der Waals surface area contributed by atoms with Gasteiger partial charge >= 0.3 is 0 Å². The first kappa shape index (κ1) is 12.1. The van der Waals surface area contributed by atoms with Crippen LogP contribution >= 0.6 is 11.8 Å². The molecule has 3 nitrogen and oxygen atoms in total. The van der Waals surface area contributed by atoms with Crippen molar-refractivity contribution < 1.29 is 0 Å². The molecule has 1 heterocycles. The Bertz CT molecular complexity index is 442. The van der Waals surface area contributed by atoms with Crippen LogP contribution in [0.3, 0.4) is 0 Å². The Kier molecular flexibility index (Phi) is 3.49. The summed E-state index contributed by atoms with van der Waals surface area (Å²) in [7, 11) is 0. The summed E-state index contributed by atoms with van der Waals surface area (Å²) in [6, 6.07) is 7.80. The van der Waals surface area contributed by atoms with Crippen LogP contribution < -0.4 is 10.6 Å². The van der Waals surface area contributed by atoms with E-state index in [4.69, 9.17) is 11.0 Å². The summed E-state index contributed by atoms with van der Waals surface area (Å²) in [5.74, 6) is 0. The molecule has 1 aromatic rings. The highest BCUT2D eigenvalue weighted by atomic mass is 32.2. The van der Waals surface area contributed by atoms with Crippen molar-refractivity contribution in [1.82, 2.24) is 0 Å². The fourth-order valence-electron chi connectivity index (χ4n) is 2.24. The summed E-state index contributed by atoms with van der Waals surface area (Å²) in [4.78, 5) is 2.35. The van der Waals surface area contributed by atoms with Gasteiger partial charge in [0, 0.05) is 29.3 Å². The molecule has 1 saturated heterocycles. The van der Waals surface area contributed by atoms with Gasteiger partial charge in [-0.05, 0) is 18.2 Å². The zero-order chi connectivity index (χ0) is 12.4. The van der Waals surface area contributed by atoms with Crippen LogP contribution in [0.5, 0.6) is 0 Å². The van der Waals surface area contributed by atoms with Crippen molar-refractivity contribution in [3.63, 3.8) is 0 Å². The molecule has 4 heteroatoms. The minimum absolute atomic E-state index is 0.557. The Labute approximate surface area is 107 Å². The average molecular weight is 247 g/mol. The molecule has 0 radical (unpaired) electrons. The van der Waals surface area contributed by atoms with Crippen LogP contribution in [0.1, 0.15) is 19.4 Å². The maximum absolute atomic E-state index is 8.86. The second kappa shape index (κ2) is 4.89. The fourth-order valence-corrected chi connectivity index (χ4v) is 3.56. The summed E-state index contributed by atoms with van der Waals surface area (Å²) in [5, 5.41) is 10.1. The van der Waals surface area contributed by atoms with E-state index in [0.29, 0.717) is 21.8 Å². The number of benzene rings is 1. The first-order valence-corrected chi connectivity index (χ1v) is 6.74. The molecule has 2 unspecified atom stereocenters. The van der Waals surface area contributed by atoms with Crippen LogP contribution in [0.2, 0.25) is 0 Å². The van der Waals surface area contributed by atoms with E-state index in [1.54, 1.807) is 0 Å². The zero-order valence-electron chi connectivity index (χ0n) is 10.2. The van der Waals surface area contributed by atoms with Crippen molar-refractivity contribution in [3.8, 4) is 6.07 Å². The highest BCUT2D eigenvalue weighted by Gasteiger charge is 2.22. The molecule has 90 valence electrons. The van der Waals surface area contributed by atoms with E-state index < -0.39 is 0 Å². The van der Waals surface area contributed by atoms with Crippen molar-refractivity contribution in [1.29, 1.82) is 5.26 Å². The predicted molar refractivity (Wildman–Crippen MR) is 74.3 cm³/mol. The molecule has 1 fully saturated rings. The SMILES string of the molecule is CC1CN(c2ccc(C#N)c(N)c2)CC(C)S1. The quantitative estimate of drug-likeness (QED) is 0.775. The van der Waals surface area contributed by atoms with E-state index in [1.807, 2.05) is 30.0 Å². The smallest absolute Gasteiger partial charge is 0.101 e. The van der Waals surface area contributed by atoms with Gasteiger partial charge in [-0.2, -0.15) is 17.0 Å². The van der Waals surface area contributed by atoms with Crippen molar-refractivity contribution in [2.45, 2.75) is 24.3 Å². The van der Waals surface area contributed by atoms with Crippen LogP contribution in [0.4, 0.5) is 11.4 Å². The van der Waals surface area contributed by atoms with Gasteiger partial charge in [-0.15, -0.1) is 0 Å². The van der Waals surface area contributed by atoms with Crippen LogP contribution in [0.15, 0.2) is 18.2 Å². The Morgan fingerprint density at radius 3 is 2.53 bits per heavy atom. The molecular formula is C13H17N3S. The maximum Gasteiger partial charge on any atom is 0.101 e. The number of hydrogen-bond donors (Lipinski definition) is 1. The van der Waals surface area contributed by atoms with Gasteiger partial charge in [0.05, 0.1) is 11.3 Å². The number of nitrogen functional groups attached to an aromatic ring is 1. The van der Waals surface area contributed by atoms with Crippen molar-refractivity contribution >= 4 is 23.1 Å². The fraction of sp³-hybridized carbons (Fsp3) is 0.462. The first-order valence-electron chi connectivity index (χ1n) is 5.80. The minimum atomic E-state index is 0.557. The summed E-state index contributed by atoms with van der Waals surface area (Å²) in [6.45, 7) is 6.58. The van der Waals surface area contributed by atoms with Gasteiger partial charge in [0.2, 0.25) is 0 Å². The molecule has 0 saturated carbocycles. The summed E-state index contributed by atoms with van der Waals surface area (Å²) < 4.78 is 0. The lowest BCUT2D eigenvalue weighted by atomic mass is 10.1. The highest BCUT2D eigenvalue weighted by molar-refractivity contribution is 8.00. The number of nitriles is 1. The number of thioether (sulfide) groups is 1. The molecule has 0 amide bonds. The van der Waals surface area contributed by atoms with Crippen LogP contribution in [-0.4, -0.2) is 23.6 Å². The van der Waals surface area contributed by atoms with E-state index in [1.165, 1.54) is 0 Å². The molecular weight excluding hydrogens is 230 g/mol. The third-order valence-corrected chi connectivity index (χ3v) is 4.17. The van der Waals surface area contributed by atoms with Gasteiger partial charge < -0.3 is 10.6 Å². The van der Waals surface area contributed by atoms with Gasteiger partial charge in [0.1, 0.15) is 6.07 Å². The molecule has 0 aromatic heterocycles. The van der Waals surface area contributed by atoms with E-state index in [-0.39, 0.29) is 0 Å². The molecule has 0 bridgehead atoms. The molecule has 1 aliphatic heterocycles. The third kappa shape index (κ3) is 2.67. The maximum atomic E-state index is 8.86. The third-order valence-electron chi connectivity index (χ3n) is 2.94. The number of nitrogens with zero attached hydrogens (tertiary/aromatic N) is 2. The molecule has 2 atom stereocenters. The first-order chi connectivity index (χ1) is 8.10. The molecule has 1 aromatic carbocycles. The van der Waals surface area contributed by atoms with E-state index in [0.717, 1.165) is 18.8 Å². The van der Waals surface area contributed by atoms with E-state index in [2.05, 4.69) is 24.8 Å². The Morgan fingerprint density at radius 1 is 1.35 bits per heavy atom. The largest absolute Gasteiger partial charge is 0.398 e. The Balaban J connectivity index is 2.22. The van der Waals surface area contributed by atoms with Gasteiger partial charge in [-0.25, -0.2) is 0 Å². The number of anilines is 2. The Hall–Kier alpha value is -1.34. The molecule has 0 aliphatic carbocycles. The molecule has 1 aliphatic rings. The van der Waals surface area contributed by atoms with Crippen LogP contribution in [-0.2, 0) is 0 Å². The lowest BCUT2D eigenvalue weighted by Crippen LogP contribution is -2.40. The molecule has 17 heavy (non-hydrogen) atoms. The minimum Gasteiger partial charge on any atom is -0.398 e. The van der Waals surface area contributed by atoms with E-state index >= 15 is 0 Å². The van der Waals surface area contributed by atoms with Crippen molar-refractivity contribution in [2.24, 2.45) is 0 Å². The van der Waals surface area contributed by atoms with E-state index in [9.17, 15) is 0 Å². The predicted octanol–water partition coefficient (Wildman–Crippen LogP) is 2.47. The van der Waals surface area contributed by atoms with Crippen molar-refractivity contribution in [2.75, 3.05) is 23.7 Å². The zero-order valence-corrected chi connectivity index (χ0v) is 11.0. The summed E-state index contributed by atoms with van der Waals surface area (Å²) in [6.07, 6.45) is 0. The van der Waals surface area contributed by atoms with Crippen molar-refractivity contribution in [3.05, 3.63) is 23.8 Å². The lowest BCUT2D eigenvalue weighted by Gasteiger charge is -2.36. The summed E-state index contributed by atoms with van der Waals surface area (Å²) >= 11 is 2.03. The monoisotopic (exact) mass is 247 g/mol. The van der Waals surface area contributed by atoms with Crippen LogP contribution in [0, 0.1) is 11.3 Å². The van der Waals surface area contributed by atoms with Gasteiger partial charge in [0.25, 0.3) is 0 Å². The topological polar surface area (TPSA) is 53.0 Å². The number of rotatable bonds is 1.